The first-order chi connectivity index (χ1) is 14.7. The van der Waals surface area contributed by atoms with Crippen LogP contribution in [0.5, 0.6) is 0 Å². The zero-order chi connectivity index (χ0) is 20.9. The zero-order valence-electron chi connectivity index (χ0n) is 17.1. The molecule has 3 amide bonds. The molecule has 1 saturated carbocycles. The Bertz CT molecular complexity index is 884. The van der Waals surface area contributed by atoms with Gasteiger partial charge in [0.15, 0.2) is 6.29 Å². The van der Waals surface area contributed by atoms with Crippen LogP contribution in [0.1, 0.15) is 32.0 Å². The summed E-state index contributed by atoms with van der Waals surface area (Å²) < 4.78 is 6.61. The Morgan fingerprint density at radius 1 is 1.27 bits per heavy atom. The van der Waals surface area contributed by atoms with E-state index in [1.165, 1.54) is 0 Å². The van der Waals surface area contributed by atoms with Crippen molar-refractivity contribution in [3.8, 4) is 11.3 Å². The van der Waals surface area contributed by atoms with E-state index in [1.54, 1.807) is 11.8 Å². The summed E-state index contributed by atoms with van der Waals surface area (Å²) in [6.07, 6.45) is 3.52. The predicted molar refractivity (Wildman–Crippen MR) is 113 cm³/mol. The normalized spacial score (nSPS) is 23.4. The van der Waals surface area contributed by atoms with Crippen LogP contribution in [-0.2, 0) is 9.53 Å². The van der Waals surface area contributed by atoms with Gasteiger partial charge in [0.1, 0.15) is 5.82 Å². The molecular weight excluding hydrogens is 384 g/mol. The van der Waals surface area contributed by atoms with Gasteiger partial charge < -0.3 is 15.4 Å². The van der Waals surface area contributed by atoms with Crippen LogP contribution in [0.3, 0.4) is 0 Å². The fourth-order valence-corrected chi connectivity index (χ4v) is 4.12. The number of methoxy groups -OCH3 is 1. The molecule has 30 heavy (non-hydrogen) atoms. The lowest BCUT2D eigenvalue weighted by Gasteiger charge is -2.40. The molecule has 4 N–H and O–H groups in total. The number of nitrogens with zero attached hydrogens (tertiary/aromatic N) is 2. The minimum atomic E-state index is -0.524. The number of ether oxygens (including phenoxy) is 1. The maximum Gasteiger partial charge on any atom is 0.320 e. The Kier molecular flexibility index (Phi) is 6.29. The molecule has 3 unspecified atom stereocenters. The molecular formula is C21H28N6O3. The number of rotatable bonds is 6. The monoisotopic (exact) mass is 412 g/mol. The second-order valence-corrected chi connectivity index (χ2v) is 7.67. The van der Waals surface area contributed by atoms with Crippen LogP contribution >= 0.6 is 0 Å². The highest BCUT2D eigenvalue weighted by atomic mass is 16.5. The Hall–Kier alpha value is -2.91. The smallest absolute Gasteiger partial charge is 0.320 e. The zero-order valence-corrected chi connectivity index (χ0v) is 17.1. The fraction of sp³-hybridized carbons (Fsp3) is 0.476. The largest absolute Gasteiger partial charge is 0.383 e. The van der Waals surface area contributed by atoms with Gasteiger partial charge in [0.05, 0.1) is 18.2 Å². The van der Waals surface area contributed by atoms with E-state index >= 15 is 0 Å². The van der Waals surface area contributed by atoms with E-state index in [0.717, 1.165) is 31.2 Å². The van der Waals surface area contributed by atoms with Crippen molar-refractivity contribution in [1.82, 2.24) is 25.7 Å². The van der Waals surface area contributed by atoms with Gasteiger partial charge in [-0.2, -0.15) is 5.10 Å². The third kappa shape index (κ3) is 4.47. The van der Waals surface area contributed by atoms with E-state index in [2.05, 4.69) is 21.3 Å². The molecule has 0 radical (unpaired) electrons. The summed E-state index contributed by atoms with van der Waals surface area (Å²) in [5.41, 5.74) is 1.64. The van der Waals surface area contributed by atoms with Crippen molar-refractivity contribution in [2.75, 3.05) is 25.6 Å². The average Bonchev–Trinajstić information content (AvgIpc) is 3.18. The highest BCUT2D eigenvalue weighted by molar-refractivity contribution is 5.89. The molecule has 1 aliphatic carbocycles. The second-order valence-electron chi connectivity index (χ2n) is 7.67. The van der Waals surface area contributed by atoms with E-state index in [-0.39, 0.29) is 23.9 Å². The summed E-state index contributed by atoms with van der Waals surface area (Å²) in [7, 11) is 1.58. The number of benzene rings is 1. The maximum atomic E-state index is 12.7. The lowest BCUT2D eigenvalue weighted by molar-refractivity contribution is -0.132. The first kappa shape index (κ1) is 20.4. The lowest BCUT2D eigenvalue weighted by Crippen LogP contribution is -2.59. The Balaban J connectivity index is 1.59. The summed E-state index contributed by atoms with van der Waals surface area (Å²) in [5, 5.41) is 16.8. The topological polar surface area (TPSA) is 109 Å². The molecule has 2 fully saturated rings. The van der Waals surface area contributed by atoms with Gasteiger partial charge >= 0.3 is 6.03 Å². The van der Waals surface area contributed by atoms with Gasteiger partial charge in [-0.15, -0.1) is 0 Å². The molecule has 1 aliphatic heterocycles. The average molecular weight is 412 g/mol. The Labute approximate surface area is 175 Å². The van der Waals surface area contributed by atoms with Crippen molar-refractivity contribution in [3.05, 3.63) is 36.4 Å². The number of carbonyl (C=O) groups is 2. The van der Waals surface area contributed by atoms with E-state index in [4.69, 9.17) is 9.84 Å². The summed E-state index contributed by atoms with van der Waals surface area (Å²) in [6, 6.07) is 11.3. The van der Waals surface area contributed by atoms with Gasteiger partial charge in [0, 0.05) is 31.3 Å². The first-order valence-electron chi connectivity index (χ1n) is 10.4. The second kappa shape index (κ2) is 9.27. The molecule has 9 nitrogen and oxygen atoms in total. The maximum absolute atomic E-state index is 12.7. The third-order valence-corrected chi connectivity index (χ3v) is 5.64. The van der Waals surface area contributed by atoms with Crippen LogP contribution in [0.25, 0.3) is 11.3 Å². The summed E-state index contributed by atoms with van der Waals surface area (Å²) in [6.45, 7) is 0.815. The molecule has 9 heteroatoms. The molecule has 2 aliphatic rings. The summed E-state index contributed by atoms with van der Waals surface area (Å²) in [4.78, 5) is 25.0. The molecule has 1 saturated heterocycles. The first-order valence-corrected chi connectivity index (χ1v) is 10.4. The Morgan fingerprint density at radius 3 is 2.87 bits per heavy atom. The number of aromatic nitrogens is 2. The van der Waals surface area contributed by atoms with E-state index in [1.807, 2.05) is 36.4 Å². The molecule has 3 atom stereocenters. The molecule has 1 aromatic heterocycles. The molecule has 4 rings (SSSR count). The fourth-order valence-electron chi connectivity index (χ4n) is 4.12. The van der Waals surface area contributed by atoms with E-state index in [9.17, 15) is 9.59 Å². The molecule has 0 bridgehead atoms. The third-order valence-electron chi connectivity index (χ3n) is 5.64. The SMILES string of the molecule is COCCNC(=O)Nc1cc(-c2ccccc2)nn1C1NC(=O)C2CCCCC2N1. The molecule has 160 valence electrons. The minimum absolute atomic E-state index is 0.00657. The summed E-state index contributed by atoms with van der Waals surface area (Å²) in [5.74, 6) is 0.527. The molecule has 1 aromatic carbocycles. The number of hydrogen-bond donors (Lipinski definition) is 4. The van der Waals surface area contributed by atoms with Crippen LogP contribution in [0, 0.1) is 5.92 Å². The van der Waals surface area contributed by atoms with Crippen LogP contribution in [-0.4, -0.2) is 48.0 Å². The van der Waals surface area contributed by atoms with Gasteiger partial charge in [-0.25, -0.2) is 9.48 Å². The van der Waals surface area contributed by atoms with E-state index < -0.39 is 6.29 Å². The summed E-state index contributed by atoms with van der Waals surface area (Å²) >= 11 is 0. The number of anilines is 1. The van der Waals surface area contributed by atoms with Gasteiger partial charge in [-0.1, -0.05) is 43.2 Å². The molecule has 0 spiro atoms. The standard InChI is InChI=1S/C21H28N6O3/c1-30-12-11-22-21(29)24-18-13-17(14-7-3-2-4-8-14)26-27(18)20-23-16-10-6-5-9-15(16)19(28)25-20/h2-4,7-8,13,15-16,20,23H,5-6,9-12H2,1H3,(H,25,28)(H2,22,24,29). The number of amides is 3. The number of fused-ring (bicyclic) bond motifs is 1. The van der Waals surface area contributed by atoms with Crippen molar-refractivity contribution in [2.45, 2.75) is 38.0 Å². The number of hydrogen-bond acceptors (Lipinski definition) is 5. The van der Waals surface area contributed by atoms with Crippen LogP contribution in [0.2, 0.25) is 0 Å². The van der Waals surface area contributed by atoms with Crippen LogP contribution < -0.4 is 21.3 Å². The van der Waals surface area contributed by atoms with Crippen molar-refractivity contribution in [2.24, 2.45) is 5.92 Å². The van der Waals surface area contributed by atoms with Gasteiger partial charge in [-0.3, -0.25) is 15.4 Å². The minimum Gasteiger partial charge on any atom is -0.383 e. The van der Waals surface area contributed by atoms with Crippen molar-refractivity contribution in [3.63, 3.8) is 0 Å². The van der Waals surface area contributed by atoms with Gasteiger partial charge in [-0.05, 0) is 12.8 Å². The Morgan fingerprint density at radius 2 is 2.07 bits per heavy atom. The van der Waals surface area contributed by atoms with Crippen LogP contribution in [0.4, 0.5) is 10.6 Å². The van der Waals surface area contributed by atoms with E-state index in [0.29, 0.717) is 24.7 Å². The molecule has 2 heterocycles. The predicted octanol–water partition coefficient (Wildman–Crippen LogP) is 2.05. The van der Waals surface area contributed by atoms with Gasteiger partial charge in [0.2, 0.25) is 5.91 Å². The quantitative estimate of drug-likeness (QED) is 0.543. The van der Waals surface area contributed by atoms with Crippen LogP contribution in [0.15, 0.2) is 36.4 Å². The number of urea groups is 1. The van der Waals surface area contributed by atoms with Crippen molar-refractivity contribution >= 4 is 17.8 Å². The van der Waals surface area contributed by atoms with Crippen molar-refractivity contribution < 1.29 is 14.3 Å². The highest BCUT2D eigenvalue weighted by Crippen LogP contribution is 2.30. The highest BCUT2D eigenvalue weighted by Gasteiger charge is 2.38. The molecule has 2 aromatic rings. The number of nitrogens with one attached hydrogen (secondary N) is 4. The van der Waals surface area contributed by atoms with Crippen molar-refractivity contribution in [1.29, 1.82) is 0 Å². The van der Waals surface area contributed by atoms with Gasteiger partial charge in [0.25, 0.3) is 0 Å². The number of carbonyl (C=O) groups excluding carboxylic acids is 2. The lowest BCUT2D eigenvalue weighted by atomic mass is 9.83.